The minimum atomic E-state index is 0.366. The molecule has 0 aliphatic heterocycles. The van der Waals surface area contributed by atoms with E-state index in [1.807, 2.05) is 48.5 Å². The molecule has 0 aliphatic carbocycles. The number of hydrogen-bond donors (Lipinski definition) is 0. The maximum atomic E-state index is 11.6. The summed E-state index contributed by atoms with van der Waals surface area (Å²) in [7, 11) is 0. The zero-order valence-corrected chi connectivity index (χ0v) is 63.3. The van der Waals surface area contributed by atoms with E-state index in [1.54, 1.807) is 0 Å². The number of rotatable bonds is 10. The molecular formula is C106H64N12. The number of aromatic nitrogens is 10. The largest absolute Gasteiger partial charge is 0.292 e. The summed E-state index contributed by atoms with van der Waals surface area (Å²) in [4.78, 5) is 21.9. The predicted octanol–water partition coefficient (Wildman–Crippen LogP) is 25.9. The molecule has 0 amide bonds. The summed E-state index contributed by atoms with van der Waals surface area (Å²) in [5.41, 5.74) is 21.4. The summed E-state index contributed by atoms with van der Waals surface area (Å²) in [6.45, 7) is 0. The van der Waals surface area contributed by atoms with Crippen molar-refractivity contribution >= 4 is 131 Å². The summed E-state index contributed by atoms with van der Waals surface area (Å²) >= 11 is 0. The van der Waals surface area contributed by atoms with Crippen LogP contribution in [0.3, 0.4) is 0 Å². The Kier molecular flexibility index (Phi) is 15.4. The van der Waals surface area contributed by atoms with Gasteiger partial charge in [0.05, 0.1) is 66.2 Å². The lowest BCUT2D eigenvalue weighted by Crippen LogP contribution is -2.13. The molecule has 12 heteroatoms. The fourth-order valence-corrected chi connectivity index (χ4v) is 18.2. The third-order valence-electron chi connectivity index (χ3n) is 23.5. The highest BCUT2D eigenvalue weighted by Crippen LogP contribution is 2.45. The summed E-state index contributed by atoms with van der Waals surface area (Å²) in [6, 6.07) is 141. The Morgan fingerprint density at radius 2 is 0.331 bits per heavy atom. The average Bonchev–Trinajstić information content (AvgIpc) is 1.71. The third-order valence-corrected chi connectivity index (χ3v) is 23.5. The lowest BCUT2D eigenvalue weighted by atomic mass is 10.0. The van der Waals surface area contributed by atoms with Crippen LogP contribution in [0, 0.1) is 22.7 Å². The van der Waals surface area contributed by atoms with Crippen LogP contribution < -0.4 is 0 Å². The van der Waals surface area contributed by atoms with Crippen LogP contribution in [0.5, 0.6) is 0 Å². The minimum Gasteiger partial charge on any atom is -0.292 e. The van der Waals surface area contributed by atoms with E-state index in [2.05, 4.69) is 379 Å². The van der Waals surface area contributed by atoms with Gasteiger partial charge in [-0.1, -0.05) is 291 Å². The molecule has 8 heterocycles. The molecule has 16 aromatic carbocycles. The zero-order valence-electron chi connectivity index (χ0n) is 63.3. The van der Waals surface area contributed by atoms with Crippen molar-refractivity contribution in [2.45, 2.75) is 0 Å². The summed E-state index contributed by atoms with van der Waals surface area (Å²) < 4.78 is 12.9. The number of para-hydroxylation sites is 8. The van der Waals surface area contributed by atoms with E-state index in [9.17, 15) is 10.5 Å². The Morgan fingerprint density at radius 3 is 0.542 bits per heavy atom. The van der Waals surface area contributed by atoms with Gasteiger partial charge in [0.2, 0.25) is 11.9 Å². The molecule has 0 radical (unpaired) electrons. The van der Waals surface area contributed by atoms with Gasteiger partial charge in [0.1, 0.15) is 23.3 Å². The second kappa shape index (κ2) is 27.1. The topological polar surface area (TPSA) is 129 Å². The van der Waals surface area contributed by atoms with Gasteiger partial charge in [0.25, 0.3) is 0 Å². The number of fused-ring (bicyclic) bond motifs is 18. The second-order valence-corrected chi connectivity index (χ2v) is 29.9. The van der Waals surface area contributed by atoms with Gasteiger partial charge in [-0.2, -0.15) is 30.5 Å². The first-order valence-electron chi connectivity index (χ1n) is 39.5. The smallest absolute Gasteiger partial charge is 0.238 e. The third kappa shape index (κ3) is 10.5. The first kappa shape index (κ1) is 67.2. The summed E-state index contributed by atoms with van der Waals surface area (Å²) in [6.07, 6.45) is 0. The van der Waals surface area contributed by atoms with Crippen molar-refractivity contribution in [2.24, 2.45) is 0 Å². The Bertz CT molecular complexity index is 7910. The first-order valence-corrected chi connectivity index (χ1v) is 39.5. The van der Waals surface area contributed by atoms with Crippen LogP contribution in [0.1, 0.15) is 11.1 Å². The molecule has 0 saturated carbocycles. The van der Waals surface area contributed by atoms with Crippen molar-refractivity contribution in [3.8, 4) is 91.8 Å². The molecule has 0 atom stereocenters. The quantitative estimate of drug-likeness (QED) is 0.134. The maximum absolute atomic E-state index is 11.6. The molecule has 24 aromatic rings. The molecule has 0 spiro atoms. The molecule has 24 rings (SSSR count). The van der Waals surface area contributed by atoms with Gasteiger partial charge >= 0.3 is 0 Å². The van der Waals surface area contributed by atoms with E-state index >= 15 is 0 Å². The molecule has 12 nitrogen and oxygen atoms in total. The van der Waals surface area contributed by atoms with Crippen molar-refractivity contribution in [1.29, 1.82) is 10.5 Å². The number of hydrogen-bond acceptors (Lipinski definition) is 6. The van der Waals surface area contributed by atoms with Crippen molar-refractivity contribution in [2.75, 3.05) is 0 Å². The van der Waals surface area contributed by atoms with Gasteiger partial charge in [-0.05, 0) is 142 Å². The van der Waals surface area contributed by atoms with Gasteiger partial charge in [0, 0.05) is 64.6 Å². The number of benzene rings is 16. The van der Waals surface area contributed by atoms with Crippen molar-refractivity contribution in [3.63, 3.8) is 0 Å². The standard InChI is InChI=1S/C59H36N6.C47H28N6/c60-37-50-57(63-51-25-13-10-22-44(51)47-34-41(28-31-54(47)63)38-16-4-1-5-17-38)61-59(65-53-27-15-12-24-46(53)49-36-43(30-33-56(49)65)40-20-8-3-9-21-40)62-58(50)64-52-26-14-11-23-45(52)48-35-42(29-32-55(48)64)39-18-6-2-7-19-39;48-29-38-45(51-39-21-9-4-16-32(39)33-17-5-10-22-40(33)51)49-47(50-46(38)52-41-23-11-6-18-34(41)35-19-7-12-24-42(35)52)53-43-25-13-8-20-36(43)37-28-31(26-27-44(37)53)30-14-2-1-3-15-30/h1-36H;1-28H. The van der Waals surface area contributed by atoms with Crippen LogP contribution in [-0.2, 0) is 0 Å². The number of nitrogens with zero attached hydrogens (tertiary/aromatic N) is 12. The highest BCUT2D eigenvalue weighted by atomic mass is 15.3. The first-order chi connectivity index (χ1) is 58.5. The molecule has 118 heavy (non-hydrogen) atoms. The molecule has 0 bridgehead atoms. The SMILES string of the molecule is N#Cc1c(-n2c3ccccc3c3cc(-c4ccccc4)ccc32)nc(-n2c3ccccc3c3cc(-c4ccccc4)ccc32)nc1-n1c2ccccc2c2cc(-c3ccccc3)ccc21.N#Cc1c(-n2c3ccccc3c3ccccc32)nc(-n2c3ccccc3c3cc(-c4ccccc4)ccc32)nc1-n1c2ccccc2c2ccccc21. The maximum Gasteiger partial charge on any atom is 0.238 e. The molecular weight excluding hydrogens is 1440 g/mol. The fourth-order valence-electron chi connectivity index (χ4n) is 18.2. The van der Waals surface area contributed by atoms with E-state index < -0.39 is 0 Å². The van der Waals surface area contributed by atoms with Crippen LogP contribution in [0.2, 0.25) is 0 Å². The van der Waals surface area contributed by atoms with E-state index in [0.717, 1.165) is 175 Å². The molecule has 0 aliphatic rings. The van der Waals surface area contributed by atoms with Crippen LogP contribution in [-0.4, -0.2) is 47.3 Å². The van der Waals surface area contributed by atoms with Gasteiger partial charge in [-0.3, -0.25) is 27.4 Å². The van der Waals surface area contributed by atoms with E-state index in [-0.39, 0.29) is 0 Å². The molecule has 0 saturated heterocycles. The second-order valence-electron chi connectivity index (χ2n) is 29.9. The average molecular weight is 1510 g/mol. The molecule has 0 fully saturated rings. The van der Waals surface area contributed by atoms with Crippen molar-refractivity contribution < 1.29 is 0 Å². The highest BCUT2D eigenvalue weighted by molar-refractivity contribution is 6.16. The zero-order chi connectivity index (χ0) is 78.1. The van der Waals surface area contributed by atoms with Crippen molar-refractivity contribution in [3.05, 3.63) is 399 Å². The van der Waals surface area contributed by atoms with Crippen LogP contribution in [0.4, 0.5) is 0 Å². The Hall–Kier alpha value is -16.5. The Labute approximate surface area is 675 Å². The lowest BCUT2D eigenvalue weighted by molar-refractivity contribution is 0.910. The van der Waals surface area contributed by atoms with Crippen LogP contribution in [0.25, 0.3) is 211 Å². The number of nitriles is 2. The fraction of sp³-hybridized carbons (Fsp3) is 0. The van der Waals surface area contributed by atoms with Gasteiger partial charge in [-0.25, -0.2) is 0 Å². The lowest BCUT2D eigenvalue weighted by Gasteiger charge is -2.17. The molecule has 0 N–H and O–H groups in total. The van der Waals surface area contributed by atoms with Crippen LogP contribution >= 0.6 is 0 Å². The molecule has 8 aromatic heterocycles. The van der Waals surface area contributed by atoms with Crippen LogP contribution in [0.15, 0.2) is 388 Å². The van der Waals surface area contributed by atoms with Gasteiger partial charge in [0.15, 0.2) is 23.3 Å². The monoisotopic (exact) mass is 1500 g/mol. The van der Waals surface area contributed by atoms with Gasteiger partial charge < -0.3 is 0 Å². The van der Waals surface area contributed by atoms with Gasteiger partial charge in [-0.15, -0.1) is 0 Å². The highest BCUT2D eigenvalue weighted by Gasteiger charge is 2.30. The summed E-state index contributed by atoms with van der Waals surface area (Å²) in [5.74, 6) is 3.01. The minimum absolute atomic E-state index is 0.366. The normalized spacial score (nSPS) is 11.7. The van der Waals surface area contributed by atoms with Crippen molar-refractivity contribution in [1.82, 2.24) is 47.3 Å². The van der Waals surface area contributed by atoms with E-state index in [4.69, 9.17) is 19.9 Å². The molecule has 548 valence electrons. The summed E-state index contributed by atoms with van der Waals surface area (Å²) in [5, 5.41) is 35.9. The predicted molar refractivity (Wildman–Crippen MR) is 481 cm³/mol. The Morgan fingerprint density at radius 1 is 0.161 bits per heavy atom. The van der Waals surface area contributed by atoms with E-state index in [0.29, 0.717) is 46.3 Å². The molecule has 0 unspecified atom stereocenters. The van der Waals surface area contributed by atoms with E-state index in [1.165, 1.54) is 0 Å². The Balaban J connectivity index is 0.000000141.